The predicted octanol–water partition coefficient (Wildman–Crippen LogP) is 6.07. The molecule has 0 aromatic carbocycles. The summed E-state index contributed by atoms with van der Waals surface area (Å²) in [7, 11) is 0. The summed E-state index contributed by atoms with van der Waals surface area (Å²) in [6, 6.07) is 0.437. The first kappa shape index (κ1) is 21.1. The fraction of sp³-hybridized carbons (Fsp3) is 0.364. The molecule has 1 saturated heterocycles. The van der Waals surface area contributed by atoms with Crippen molar-refractivity contribution in [3.63, 3.8) is 0 Å². The zero-order chi connectivity index (χ0) is 17.7. The topological polar surface area (TPSA) is 12.0 Å². The monoisotopic (exact) mass is 311 g/mol. The van der Waals surface area contributed by atoms with Crippen LogP contribution in [0.25, 0.3) is 0 Å². The maximum Gasteiger partial charge on any atom is 0.0280 e. The van der Waals surface area contributed by atoms with E-state index in [9.17, 15) is 0 Å². The summed E-state index contributed by atoms with van der Waals surface area (Å²) < 4.78 is 0. The number of rotatable bonds is 8. The van der Waals surface area contributed by atoms with Crippen molar-refractivity contribution in [3.8, 4) is 0 Å². The van der Waals surface area contributed by atoms with Crippen molar-refractivity contribution in [3.05, 3.63) is 85.1 Å². The molecule has 0 aromatic rings. The Hall–Kier alpha value is -1.86. The summed E-state index contributed by atoms with van der Waals surface area (Å²) >= 11 is 0. The van der Waals surface area contributed by atoms with Gasteiger partial charge in [-0.1, -0.05) is 82.2 Å². The molecule has 1 N–H and O–H groups in total. The SMILES string of the molecule is C=C/C=C(C=C)/C(C=C)=C(/C=C\C)CC(=C)C1CCCN1.CC. The lowest BCUT2D eigenvalue weighted by atomic mass is 9.91. The van der Waals surface area contributed by atoms with Gasteiger partial charge >= 0.3 is 0 Å². The minimum Gasteiger partial charge on any atom is -0.310 e. The predicted molar refractivity (Wildman–Crippen MR) is 107 cm³/mol. The number of nitrogens with one attached hydrogen (secondary N) is 1. The molecule has 0 radical (unpaired) electrons. The second-order valence-corrected chi connectivity index (χ2v) is 5.19. The largest absolute Gasteiger partial charge is 0.310 e. The van der Waals surface area contributed by atoms with Gasteiger partial charge < -0.3 is 5.32 Å². The Bertz CT molecular complexity index is 494. The average Bonchev–Trinajstić information content (AvgIpc) is 3.11. The smallest absolute Gasteiger partial charge is 0.0280 e. The van der Waals surface area contributed by atoms with Gasteiger partial charge in [0.05, 0.1) is 0 Å². The Morgan fingerprint density at radius 3 is 2.30 bits per heavy atom. The highest BCUT2D eigenvalue weighted by Crippen LogP contribution is 2.26. The zero-order valence-electron chi connectivity index (χ0n) is 15.2. The van der Waals surface area contributed by atoms with Crippen LogP contribution in [0.4, 0.5) is 0 Å². The lowest BCUT2D eigenvalue weighted by Crippen LogP contribution is -2.23. The summed E-state index contributed by atoms with van der Waals surface area (Å²) in [5.74, 6) is 0. The van der Waals surface area contributed by atoms with Crippen molar-refractivity contribution in [2.45, 2.75) is 46.1 Å². The molecule has 0 bridgehead atoms. The van der Waals surface area contributed by atoms with Gasteiger partial charge in [0, 0.05) is 6.04 Å². The summed E-state index contributed by atoms with van der Waals surface area (Å²) in [4.78, 5) is 0. The molecule has 0 amide bonds. The molecule has 1 unspecified atom stereocenters. The Kier molecular flexibility index (Phi) is 11.6. The molecule has 1 heteroatoms. The molecule has 1 fully saturated rings. The van der Waals surface area contributed by atoms with Crippen LogP contribution in [0, 0.1) is 0 Å². The average molecular weight is 312 g/mol. The van der Waals surface area contributed by atoms with Crippen molar-refractivity contribution < 1.29 is 0 Å². The van der Waals surface area contributed by atoms with E-state index in [0.717, 1.165) is 24.1 Å². The molecule has 126 valence electrons. The molecule has 1 rings (SSSR count). The summed E-state index contributed by atoms with van der Waals surface area (Å²) in [5.41, 5.74) is 4.60. The van der Waals surface area contributed by atoms with E-state index in [-0.39, 0.29) is 0 Å². The molecule has 0 aliphatic carbocycles. The first-order valence-electron chi connectivity index (χ1n) is 8.52. The van der Waals surface area contributed by atoms with E-state index in [1.54, 1.807) is 6.08 Å². The van der Waals surface area contributed by atoms with Crippen LogP contribution >= 0.6 is 0 Å². The first-order valence-corrected chi connectivity index (χ1v) is 8.52. The summed E-state index contributed by atoms with van der Waals surface area (Å²) in [6.45, 7) is 23.0. The molecule has 1 aliphatic rings. The van der Waals surface area contributed by atoms with E-state index in [2.05, 4.69) is 43.8 Å². The molecule has 1 aliphatic heterocycles. The van der Waals surface area contributed by atoms with Crippen LogP contribution in [0.5, 0.6) is 0 Å². The Morgan fingerprint density at radius 2 is 1.87 bits per heavy atom. The van der Waals surface area contributed by atoms with Gasteiger partial charge in [0.25, 0.3) is 0 Å². The molecular weight excluding hydrogens is 278 g/mol. The van der Waals surface area contributed by atoms with Gasteiger partial charge in [-0.15, -0.1) is 0 Å². The van der Waals surface area contributed by atoms with E-state index in [0.29, 0.717) is 6.04 Å². The van der Waals surface area contributed by atoms with Crippen molar-refractivity contribution in [2.75, 3.05) is 6.54 Å². The molecular formula is C22H33N. The Morgan fingerprint density at radius 1 is 1.17 bits per heavy atom. The first-order chi connectivity index (χ1) is 11.2. The maximum atomic E-state index is 4.28. The van der Waals surface area contributed by atoms with Crippen molar-refractivity contribution in [1.82, 2.24) is 5.32 Å². The highest BCUT2D eigenvalue weighted by molar-refractivity contribution is 5.53. The lowest BCUT2D eigenvalue weighted by molar-refractivity contribution is 0.676. The molecule has 1 nitrogen and oxygen atoms in total. The van der Waals surface area contributed by atoms with Crippen molar-refractivity contribution >= 4 is 0 Å². The molecule has 0 aromatic heterocycles. The van der Waals surface area contributed by atoms with E-state index >= 15 is 0 Å². The molecule has 23 heavy (non-hydrogen) atoms. The number of hydrogen-bond acceptors (Lipinski definition) is 1. The quantitative estimate of drug-likeness (QED) is 0.424. The van der Waals surface area contributed by atoms with E-state index in [1.807, 2.05) is 39.0 Å². The van der Waals surface area contributed by atoms with Gasteiger partial charge in [-0.25, -0.2) is 0 Å². The Balaban J connectivity index is 0.00000232. The van der Waals surface area contributed by atoms with Gasteiger partial charge in [-0.2, -0.15) is 0 Å². The second kappa shape index (κ2) is 12.7. The van der Waals surface area contributed by atoms with Crippen LogP contribution in [-0.4, -0.2) is 12.6 Å². The van der Waals surface area contributed by atoms with Gasteiger partial charge in [-0.3, -0.25) is 0 Å². The van der Waals surface area contributed by atoms with Crippen LogP contribution in [-0.2, 0) is 0 Å². The van der Waals surface area contributed by atoms with E-state index < -0.39 is 0 Å². The minimum absolute atomic E-state index is 0.437. The van der Waals surface area contributed by atoms with Crippen molar-refractivity contribution in [1.29, 1.82) is 0 Å². The summed E-state index contributed by atoms with van der Waals surface area (Å²) in [6.07, 6.45) is 14.9. The van der Waals surface area contributed by atoms with Crippen molar-refractivity contribution in [2.24, 2.45) is 0 Å². The van der Waals surface area contributed by atoms with Crippen LogP contribution < -0.4 is 5.32 Å². The standard InChI is InChI=1S/C20H27N.C2H6/c1-6-11-17(8-3)19(9-4)18(12-7-2)15-16(5)20-13-10-14-21-20;1-2/h6-9,11-12,20-21H,1,3-5,10,13-15H2,2H3;1-2H3/b12-7-,17-11+,19-18-;. The van der Waals surface area contributed by atoms with Gasteiger partial charge in [0.15, 0.2) is 0 Å². The number of allylic oxidation sites excluding steroid dienone is 9. The molecule has 1 atom stereocenters. The maximum absolute atomic E-state index is 4.28. The van der Waals surface area contributed by atoms with Crippen LogP contribution in [0.15, 0.2) is 85.1 Å². The fourth-order valence-corrected chi connectivity index (χ4v) is 2.68. The van der Waals surface area contributed by atoms with E-state index in [1.165, 1.54) is 24.0 Å². The van der Waals surface area contributed by atoms with Gasteiger partial charge in [0.1, 0.15) is 0 Å². The highest BCUT2D eigenvalue weighted by Gasteiger charge is 2.18. The lowest BCUT2D eigenvalue weighted by Gasteiger charge is -2.17. The summed E-state index contributed by atoms with van der Waals surface area (Å²) in [5, 5.41) is 3.51. The minimum atomic E-state index is 0.437. The Labute approximate surface area is 143 Å². The molecule has 0 saturated carbocycles. The zero-order valence-corrected chi connectivity index (χ0v) is 15.2. The normalized spacial score (nSPS) is 18.7. The van der Waals surface area contributed by atoms with E-state index in [4.69, 9.17) is 0 Å². The third-order valence-electron chi connectivity index (χ3n) is 3.72. The van der Waals surface area contributed by atoms with Crippen LogP contribution in [0.2, 0.25) is 0 Å². The molecule has 0 spiro atoms. The van der Waals surface area contributed by atoms with Gasteiger partial charge in [-0.05, 0) is 49.5 Å². The van der Waals surface area contributed by atoms with Crippen LogP contribution in [0.1, 0.15) is 40.0 Å². The van der Waals surface area contributed by atoms with Gasteiger partial charge in [0.2, 0.25) is 0 Å². The fourth-order valence-electron chi connectivity index (χ4n) is 2.68. The van der Waals surface area contributed by atoms with Crippen LogP contribution in [0.3, 0.4) is 0 Å². The highest BCUT2D eigenvalue weighted by atomic mass is 14.9. The third-order valence-corrected chi connectivity index (χ3v) is 3.72. The second-order valence-electron chi connectivity index (χ2n) is 5.19. The molecule has 1 heterocycles. The third kappa shape index (κ3) is 6.83. The number of hydrogen-bond donors (Lipinski definition) is 1.